The maximum Gasteiger partial charge on any atom is 0.125 e. The normalized spacial score (nSPS) is 12.8. The highest BCUT2D eigenvalue weighted by Gasteiger charge is 2.10. The van der Waals surface area contributed by atoms with Crippen molar-refractivity contribution in [2.45, 2.75) is 6.10 Å². The van der Waals surface area contributed by atoms with Gasteiger partial charge in [0.25, 0.3) is 0 Å². The van der Waals surface area contributed by atoms with Crippen LogP contribution in [0.2, 0.25) is 0 Å². The Morgan fingerprint density at radius 2 is 2.00 bits per heavy atom. The van der Waals surface area contributed by atoms with Crippen LogP contribution in [-0.4, -0.2) is 21.2 Å². The molecule has 4 heteroatoms. The van der Waals surface area contributed by atoms with Crippen LogP contribution in [0.3, 0.4) is 0 Å². The van der Waals surface area contributed by atoms with Crippen LogP contribution in [0.4, 0.5) is 0 Å². The molecular formula is C8H9ClO3. The molecular weight excluding hydrogens is 180 g/mol. The van der Waals surface area contributed by atoms with Gasteiger partial charge >= 0.3 is 0 Å². The van der Waals surface area contributed by atoms with Crippen LogP contribution >= 0.6 is 11.6 Å². The number of hydrogen-bond donors (Lipinski definition) is 3. The summed E-state index contributed by atoms with van der Waals surface area (Å²) in [6, 6.07) is 3.97. The highest BCUT2D eigenvalue weighted by molar-refractivity contribution is 6.18. The number of alkyl halides is 1. The summed E-state index contributed by atoms with van der Waals surface area (Å²) in [6.07, 6.45) is -0.896. The molecule has 0 aliphatic carbocycles. The van der Waals surface area contributed by atoms with Crippen molar-refractivity contribution >= 4 is 11.6 Å². The summed E-state index contributed by atoms with van der Waals surface area (Å²) >= 11 is 5.37. The average molecular weight is 189 g/mol. The number of rotatable bonds is 2. The molecule has 1 rings (SSSR count). The molecule has 0 bridgehead atoms. The molecule has 0 aliphatic rings. The minimum Gasteiger partial charge on any atom is -0.508 e. The molecule has 66 valence electrons. The summed E-state index contributed by atoms with van der Waals surface area (Å²) in [4.78, 5) is 0. The number of hydrogen-bond acceptors (Lipinski definition) is 3. The first-order valence-electron chi connectivity index (χ1n) is 3.41. The third-order valence-corrected chi connectivity index (χ3v) is 1.81. The summed E-state index contributed by atoms with van der Waals surface area (Å²) in [5.74, 6) is -0.181. The summed E-state index contributed by atoms with van der Waals surface area (Å²) in [6.45, 7) is 0. The maximum atomic E-state index is 9.23. The second-order valence-electron chi connectivity index (χ2n) is 2.41. The lowest BCUT2D eigenvalue weighted by atomic mass is 10.1. The van der Waals surface area contributed by atoms with Crippen molar-refractivity contribution in [3.8, 4) is 11.5 Å². The van der Waals surface area contributed by atoms with Gasteiger partial charge in [0, 0.05) is 11.6 Å². The van der Waals surface area contributed by atoms with Gasteiger partial charge in [0.05, 0.1) is 12.0 Å². The van der Waals surface area contributed by atoms with Crippen molar-refractivity contribution in [3.63, 3.8) is 0 Å². The molecule has 0 spiro atoms. The van der Waals surface area contributed by atoms with E-state index in [1.165, 1.54) is 12.1 Å². The summed E-state index contributed by atoms with van der Waals surface area (Å²) in [5.41, 5.74) is 0.322. The minimum absolute atomic E-state index is 0.0122. The third-order valence-electron chi connectivity index (χ3n) is 1.52. The number of phenols is 2. The predicted molar refractivity (Wildman–Crippen MR) is 45.5 cm³/mol. The van der Waals surface area contributed by atoms with Crippen LogP contribution in [0, 0.1) is 0 Å². The maximum absolute atomic E-state index is 9.23. The van der Waals surface area contributed by atoms with Gasteiger partial charge in [0.2, 0.25) is 0 Å². The molecule has 12 heavy (non-hydrogen) atoms. The van der Waals surface area contributed by atoms with E-state index >= 15 is 0 Å². The fourth-order valence-corrected chi connectivity index (χ4v) is 1.06. The van der Waals surface area contributed by atoms with Crippen molar-refractivity contribution in [2.24, 2.45) is 0 Å². The van der Waals surface area contributed by atoms with Crippen molar-refractivity contribution in [1.82, 2.24) is 0 Å². The van der Waals surface area contributed by atoms with Gasteiger partial charge < -0.3 is 15.3 Å². The van der Waals surface area contributed by atoms with Crippen molar-refractivity contribution in [1.29, 1.82) is 0 Å². The van der Waals surface area contributed by atoms with Gasteiger partial charge in [-0.25, -0.2) is 0 Å². The van der Waals surface area contributed by atoms with Gasteiger partial charge in [0.1, 0.15) is 11.5 Å². The van der Waals surface area contributed by atoms with Gasteiger partial charge in [-0.1, -0.05) is 0 Å². The van der Waals surface area contributed by atoms with Gasteiger partial charge in [-0.2, -0.15) is 0 Å². The SMILES string of the molecule is Oc1ccc(C(O)CCl)c(O)c1. The molecule has 3 N–H and O–H groups in total. The molecule has 0 aromatic heterocycles. The Labute approximate surface area is 74.8 Å². The van der Waals surface area contributed by atoms with E-state index in [9.17, 15) is 10.2 Å². The van der Waals surface area contributed by atoms with Crippen molar-refractivity contribution in [3.05, 3.63) is 23.8 Å². The molecule has 0 saturated heterocycles. The lowest BCUT2D eigenvalue weighted by molar-refractivity contribution is 0.198. The molecule has 1 unspecified atom stereocenters. The molecule has 0 amide bonds. The molecule has 1 aromatic carbocycles. The summed E-state index contributed by atoms with van der Waals surface area (Å²) in [7, 11) is 0. The van der Waals surface area contributed by atoms with Crippen LogP contribution < -0.4 is 0 Å². The van der Waals surface area contributed by atoms with Crippen molar-refractivity contribution < 1.29 is 15.3 Å². The van der Waals surface area contributed by atoms with E-state index in [4.69, 9.17) is 16.7 Å². The molecule has 0 radical (unpaired) electrons. The number of aromatic hydroxyl groups is 2. The Morgan fingerprint density at radius 3 is 2.50 bits per heavy atom. The minimum atomic E-state index is -0.896. The Hall–Kier alpha value is -0.930. The second-order valence-corrected chi connectivity index (χ2v) is 2.72. The van der Waals surface area contributed by atoms with E-state index in [0.29, 0.717) is 5.56 Å². The zero-order chi connectivity index (χ0) is 9.14. The standard InChI is InChI=1S/C8H9ClO3/c9-4-8(12)6-2-1-5(10)3-7(6)11/h1-3,8,10-12H,4H2. The van der Waals surface area contributed by atoms with Crippen LogP contribution in [0.5, 0.6) is 11.5 Å². The lowest BCUT2D eigenvalue weighted by Crippen LogP contribution is -1.98. The highest BCUT2D eigenvalue weighted by atomic mass is 35.5. The van der Waals surface area contributed by atoms with E-state index in [1.54, 1.807) is 0 Å². The monoisotopic (exact) mass is 188 g/mol. The van der Waals surface area contributed by atoms with Gasteiger partial charge in [-0.3, -0.25) is 0 Å². The Balaban J connectivity index is 3.01. The first kappa shape index (κ1) is 9.16. The van der Waals surface area contributed by atoms with Gasteiger partial charge in [-0.15, -0.1) is 11.6 Å². The van der Waals surface area contributed by atoms with Crippen LogP contribution in [0.1, 0.15) is 11.7 Å². The molecule has 0 aliphatic heterocycles. The largest absolute Gasteiger partial charge is 0.508 e. The molecule has 3 nitrogen and oxygen atoms in total. The van der Waals surface area contributed by atoms with Crippen molar-refractivity contribution in [2.75, 3.05) is 5.88 Å². The number of benzene rings is 1. The Kier molecular flexibility index (Phi) is 2.78. The topological polar surface area (TPSA) is 60.7 Å². The van der Waals surface area contributed by atoms with E-state index in [-0.39, 0.29) is 17.4 Å². The molecule has 1 aromatic rings. The first-order valence-corrected chi connectivity index (χ1v) is 3.94. The lowest BCUT2D eigenvalue weighted by Gasteiger charge is -2.08. The number of aliphatic hydroxyl groups is 1. The molecule has 0 saturated carbocycles. The predicted octanol–water partition coefficient (Wildman–Crippen LogP) is 1.37. The first-order chi connectivity index (χ1) is 5.65. The fourth-order valence-electron chi connectivity index (χ4n) is 0.897. The second kappa shape index (κ2) is 3.65. The number of aliphatic hydroxyl groups excluding tert-OH is 1. The molecule has 0 fully saturated rings. The van der Waals surface area contributed by atoms with Crippen LogP contribution in [0.15, 0.2) is 18.2 Å². The smallest absolute Gasteiger partial charge is 0.125 e. The Morgan fingerprint density at radius 1 is 1.33 bits per heavy atom. The summed E-state index contributed by atoms with van der Waals surface area (Å²) < 4.78 is 0. The van der Waals surface area contributed by atoms with Crippen LogP contribution in [0.25, 0.3) is 0 Å². The van der Waals surface area contributed by atoms with Gasteiger partial charge in [0.15, 0.2) is 0 Å². The van der Waals surface area contributed by atoms with Crippen LogP contribution in [-0.2, 0) is 0 Å². The van der Waals surface area contributed by atoms with E-state index in [0.717, 1.165) is 6.07 Å². The zero-order valence-corrected chi connectivity index (χ0v) is 6.99. The third kappa shape index (κ3) is 1.81. The van der Waals surface area contributed by atoms with E-state index in [2.05, 4.69) is 0 Å². The van der Waals surface area contributed by atoms with Gasteiger partial charge in [-0.05, 0) is 12.1 Å². The zero-order valence-electron chi connectivity index (χ0n) is 6.24. The average Bonchev–Trinajstić information content (AvgIpc) is 2.03. The Bertz CT molecular complexity index is 275. The number of halogens is 1. The molecule has 0 heterocycles. The molecule has 1 atom stereocenters. The fraction of sp³-hybridized carbons (Fsp3) is 0.250. The highest BCUT2D eigenvalue weighted by Crippen LogP contribution is 2.28. The van der Waals surface area contributed by atoms with E-state index < -0.39 is 6.10 Å². The van der Waals surface area contributed by atoms with E-state index in [1.807, 2.05) is 0 Å². The number of phenolic OH excluding ortho intramolecular Hbond substituents is 2. The summed E-state index contributed by atoms with van der Waals surface area (Å²) in [5, 5.41) is 27.4. The quantitative estimate of drug-likeness (QED) is 0.615.